The molecule has 2 heterocycles. The Kier molecular flexibility index (Phi) is 3.63. The maximum atomic E-state index is 14.1. The van der Waals surface area contributed by atoms with Gasteiger partial charge in [0, 0.05) is 18.7 Å². The van der Waals surface area contributed by atoms with E-state index in [9.17, 15) is 14.0 Å². The van der Waals surface area contributed by atoms with E-state index in [0.29, 0.717) is 0 Å². The fraction of sp³-hybridized carbons (Fsp3) is 0.312. The fourth-order valence-corrected chi connectivity index (χ4v) is 2.69. The van der Waals surface area contributed by atoms with Crippen LogP contribution in [0.4, 0.5) is 4.39 Å². The number of para-hydroxylation sites is 1. The first-order valence-corrected chi connectivity index (χ1v) is 7.24. The number of carboxylic acids is 1. The number of hydrogen-bond acceptors (Lipinski definition) is 3. The highest BCUT2D eigenvalue weighted by atomic mass is 19.1. The third-order valence-electron chi connectivity index (χ3n) is 4.00. The van der Waals surface area contributed by atoms with E-state index < -0.39 is 24.1 Å². The van der Waals surface area contributed by atoms with Crippen molar-refractivity contribution in [1.82, 2.24) is 14.7 Å². The Morgan fingerprint density at radius 2 is 2.00 bits per heavy atom. The zero-order valence-electron chi connectivity index (χ0n) is 12.6. The third kappa shape index (κ3) is 2.69. The molecular weight excluding hydrogens is 301 g/mol. The number of carboxylic acid groups (broad SMARTS) is 1. The van der Waals surface area contributed by atoms with E-state index in [2.05, 4.69) is 5.10 Å². The highest BCUT2D eigenvalue weighted by Gasteiger charge is 2.47. The number of halogens is 1. The Hall–Kier alpha value is -2.70. The number of rotatable bonds is 3. The van der Waals surface area contributed by atoms with Gasteiger partial charge >= 0.3 is 5.97 Å². The molecule has 1 aromatic heterocycles. The zero-order chi connectivity index (χ0) is 16.6. The minimum Gasteiger partial charge on any atom is -0.479 e. The van der Waals surface area contributed by atoms with Crippen LogP contribution in [0.5, 0.6) is 0 Å². The van der Waals surface area contributed by atoms with Crippen LogP contribution in [0.3, 0.4) is 0 Å². The van der Waals surface area contributed by atoms with Crippen molar-refractivity contribution in [2.75, 3.05) is 13.1 Å². The van der Waals surface area contributed by atoms with E-state index in [0.717, 1.165) is 11.4 Å². The van der Waals surface area contributed by atoms with Crippen molar-refractivity contribution < 1.29 is 19.1 Å². The summed E-state index contributed by atoms with van der Waals surface area (Å²) in [6.45, 7) is 1.44. The Bertz CT molecular complexity index is 759. The van der Waals surface area contributed by atoms with Crippen molar-refractivity contribution in [3.05, 3.63) is 47.8 Å². The number of aliphatic carboxylic acids is 1. The predicted octanol–water partition coefficient (Wildman–Crippen LogP) is 1.82. The molecule has 1 aromatic carbocycles. The number of alkyl halides is 1. The van der Waals surface area contributed by atoms with Crippen LogP contribution in [-0.2, 0) is 4.79 Å². The lowest BCUT2D eigenvalue weighted by molar-refractivity contribution is -0.149. The number of aromatic nitrogens is 2. The molecule has 0 aliphatic carbocycles. The number of carbonyl (C=O) groups is 2. The zero-order valence-corrected chi connectivity index (χ0v) is 12.6. The molecule has 1 aliphatic rings. The topological polar surface area (TPSA) is 75.4 Å². The number of hydrogen-bond donors (Lipinski definition) is 1. The number of carbonyl (C=O) groups excluding carboxylic acids is 1. The first-order valence-electron chi connectivity index (χ1n) is 7.24. The van der Waals surface area contributed by atoms with Crippen LogP contribution in [0.2, 0.25) is 0 Å². The summed E-state index contributed by atoms with van der Waals surface area (Å²) in [5.41, 5.74) is -0.604. The van der Waals surface area contributed by atoms with Crippen molar-refractivity contribution in [3.63, 3.8) is 0 Å². The van der Waals surface area contributed by atoms with Crippen LogP contribution in [0.15, 0.2) is 36.4 Å². The molecule has 1 amide bonds. The summed E-state index contributed by atoms with van der Waals surface area (Å²) in [6, 6.07) is 11.0. The van der Waals surface area contributed by atoms with Gasteiger partial charge in [0.15, 0.2) is 5.69 Å². The lowest BCUT2D eigenvalue weighted by atomic mass is 10.1. The molecule has 3 rings (SSSR count). The second-order valence-electron chi connectivity index (χ2n) is 5.67. The number of likely N-dealkylation sites (tertiary alicyclic amines) is 1. The molecule has 1 fully saturated rings. The average Bonchev–Trinajstić information content (AvgIpc) is 3.12. The molecule has 1 saturated heterocycles. The van der Waals surface area contributed by atoms with Gasteiger partial charge in [-0.2, -0.15) is 5.10 Å². The van der Waals surface area contributed by atoms with Crippen molar-refractivity contribution >= 4 is 11.9 Å². The largest absolute Gasteiger partial charge is 0.479 e. The molecule has 0 bridgehead atoms. The van der Waals surface area contributed by atoms with E-state index in [-0.39, 0.29) is 18.7 Å². The maximum absolute atomic E-state index is 14.1. The van der Waals surface area contributed by atoms with Gasteiger partial charge in [-0.3, -0.25) is 4.79 Å². The van der Waals surface area contributed by atoms with E-state index in [1.165, 1.54) is 4.90 Å². The van der Waals surface area contributed by atoms with Crippen LogP contribution in [0.25, 0.3) is 5.69 Å². The van der Waals surface area contributed by atoms with Crippen molar-refractivity contribution in [2.24, 2.45) is 0 Å². The molecule has 0 saturated carbocycles. The molecule has 120 valence electrons. The standard InChI is InChI=1S/C16H16FN3O3/c1-11-9-13(18-20(11)12-5-3-2-4-6-12)14(21)19-8-7-16(17,10-19)15(22)23/h2-6,9H,7-8,10H2,1H3,(H,22,23). The highest BCUT2D eigenvalue weighted by Crippen LogP contribution is 2.27. The highest BCUT2D eigenvalue weighted by molar-refractivity contribution is 5.93. The number of amides is 1. The minimum absolute atomic E-state index is 0.0683. The first-order chi connectivity index (χ1) is 10.9. The maximum Gasteiger partial charge on any atom is 0.343 e. The summed E-state index contributed by atoms with van der Waals surface area (Å²) >= 11 is 0. The van der Waals surface area contributed by atoms with Gasteiger partial charge in [0.25, 0.3) is 5.91 Å². The fourth-order valence-electron chi connectivity index (χ4n) is 2.69. The van der Waals surface area contributed by atoms with Crippen LogP contribution in [0.1, 0.15) is 22.6 Å². The molecule has 1 atom stereocenters. The first kappa shape index (κ1) is 15.2. The molecule has 2 aromatic rings. The Balaban J connectivity index is 1.84. The quantitative estimate of drug-likeness (QED) is 0.937. The minimum atomic E-state index is -2.37. The SMILES string of the molecule is Cc1cc(C(=O)N2CCC(F)(C(=O)O)C2)nn1-c1ccccc1. The molecule has 1 N–H and O–H groups in total. The van der Waals surface area contributed by atoms with Gasteiger partial charge in [0.1, 0.15) is 0 Å². The van der Waals surface area contributed by atoms with Crippen LogP contribution < -0.4 is 0 Å². The van der Waals surface area contributed by atoms with Gasteiger partial charge in [0.05, 0.1) is 12.2 Å². The lowest BCUT2D eigenvalue weighted by Crippen LogP contribution is -2.39. The van der Waals surface area contributed by atoms with Gasteiger partial charge in [0.2, 0.25) is 5.67 Å². The average molecular weight is 317 g/mol. The molecule has 0 spiro atoms. The molecule has 23 heavy (non-hydrogen) atoms. The van der Waals surface area contributed by atoms with Gasteiger partial charge in [-0.05, 0) is 25.1 Å². The summed E-state index contributed by atoms with van der Waals surface area (Å²) in [4.78, 5) is 24.6. The Morgan fingerprint density at radius 1 is 1.30 bits per heavy atom. The molecule has 7 heteroatoms. The molecular formula is C16H16FN3O3. The molecule has 0 radical (unpaired) electrons. The Labute approximate surface area is 132 Å². The van der Waals surface area contributed by atoms with Crippen LogP contribution >= 0.6 is 0 Å². The van der Waals surface area contributed by atoms with Gasteiger partial charge in [-0.15, -0.1) is 0 Å². The normalized spacial score (nSPS) is 20.7. The number of aryl methyl sites for hydroxylation is 1. The number of nitrogens with zero attached hydrogens (tertiary/aromatic N) is 3. The molecule has 6 nitrogen and oxygen atoms in total. The molecule has 1 aliphatic heterocycles. The predicted molar refractivity (Wildman–Crippen MR) is 80.3 cm³/mol. The Morgan fingerprint density at radius 3 is 2.61 bits per heavy atom. The van der Waals surface area contributed by atoms with Gasteiger partial charge in [-0.25, -0.2) is 13.9 Å². The second kappa shape index (κ2) is 5.49. The van der Waals surface area contributed by atoms with E-state index >= 15 is 0 Å². The van der Waals surface area contributed by atoms with E-state index in [1.54, 1.807) is 10.7 Å². The van der Waals surface area contributed by atoms with E-state index in [1.807, 2.05) is 37.3 Å². The summed E-state index contributed by atoms with van der Waals surface area (Å²) in [5, 5.41) is 13.2. The van der Waals surface area contributed by atoms with Crippen molar-refractivity contribution in [2.45, 2.75) is 19.0 Å². The third-order valence-corrected chi connectivity index (χ3v) is 4.00. The summed E-state index contributed by atoms with van der Waals surface area (Å²) in [6.07, 6.45) is -0.202. The monoisotopic (exact) mass is 317 g/mol. The smallest absolute Gasteiger partial charge is 0.343 e. The molecule has 1 unspecified atom stereocenters. The van der Waals surface area contributed by atoms with Crippen LogP contribution in [-0.4, -0.2) is 50.4 Å². The second-order valence-corrected chi connectivity index (χ2v) is 5.67. The summed E-state index contributed by atoms with van der Waals surface area (Å²) < 4.78 is 15.7. The van der Waals surface area contributed by atoms with Gasteiger partial charge < -0.3 is 10.0 Å². The number of benzene rings is 1. The van der Waals surface area contributed by atoms with Crippen LogP contribution in [0, 0.1) is 6.92 Å². The lowest BCUT2D eigenvalue weighted by Gasteiger charge is -2.16. The van der Waals surface area contributed by atoms with Gasteiger partial charge in [-0.1, -0.05) is 18.2 Å². The van der Waals surface area contributed by atoms with E-state index in [4.69, 9.17) is 5.11 Å². The van der Waals surface area contributed by atoms with Crippen molar-refractivity contribution in [1.29, 1.82) is 0 Å². The summed E-state index contributed by atoms with van der Waals surface area (Å²) in [5.74, 6) is -1.98. The van der Waals surface area contributed by atoms with Crippen molar-refractivity contribution in [3.8, 4) is 5.69 Å². The summed E-state index contributed by atoms with van der Waals surface area (Å²) in [7, 11) is 0.